The molecule has 0 heterocycles. The number of halogens is 1. The smallest absolute Gasteiger partial charge is 0.261 e. The van der Waals surface area contributed by atoms with Crippen LogP contribution in [-0.2, 0) is 10.0 Å². The second-order valence-electron chi connectivity index (χ2n) is 6.25. The summed E-state index contributed by atoms with van der Waals surface area (Å²) in [6, 6.07) is 18.1. The van der Waals surface area contributed by atoms with E-state index < -0.39 is 10.0 Å². The maximum atomic E-state index is 12.8. The predicted octanol–water partition coefficient (Wildman–Crippen LogP) is 4.82. The molecule has 3 aromatic rings. The van der Waals surface area contributed by atoms with Crippen LogP contribution in [0.5, 0.6) is 5.75 Å². The Morgan fingerprint density at radius 3 is 2.45 bits per heavy atom. The molecule has 0 fully saturated rings. The minimum Gasteiger partial charge on any atom is -0.496 e. The van der Waals surface area contributed by atoms with E-state index in [9.17, 15) is 13.2 Å². The molecule has 0 saturated carbocycles. The van der Waals surface area contributed by atoms with Gasteiger partial charge in [0.25, 0.3) is 15.9 Å². The minimum absolute atomic E-state index is 0.0122. The van der Waals surface area contributed by atoms with Gasteiger partial charge in [0.2, 0.25) is 0 Å². The number of rotatable bonds is 6. The van der Waals surface area contributed by atoms with E-state index in [2.05, 4.69) is 26.0 Å². The molecule has 6 nitrogen and oxygen atoms in total. The Morgan fingerprint density at radius 1 is 1.00 bits per heavy atom. The molecule has 2 N–H and O–H groups in total. The fourth-order valence-electron chi connectivity index (χ4n) is 2.66. The second-order valence-corrected chi connectivity index (χ2v) is 8.79. The first-order chi connectivity index (χ1) is 13.8. The summed E-state index contributed by atoms with van der Waals surface area (Å²) in [5.74, 6) is 0.200. The Labute approximate surface area is 178 Å². The van der Waals surface area contributed by atoms with Crippen LogP contribution in [0.3, 0.4) is 0 Å². The largest absolute Gasteiger partial charge is 0.496 e. The monoisotopic (exact) mass is 474 g/mol. The molecule has 0 radical (unpaired) electrons. The van der Waals surface area contributed by atoms with Crippen LogP contribution in [0.1, 0.15) is 15.9 Å². The second kappa shape index (κ2) is 8.67. The molecule has 0 aromatic heterocycles. The summed E-state index contributed by atoms with van der Waals surface area (Å²) >= 11 is 3.33. The highest BCUT2D eigenvalue weighted by Gasteiger charge is 2.17. The number of hydrogen-bond acceptors (Lipinski definition) is 4. The van der Waals surface area contributed by atoms with Crippen molar-refractivity contribution in [1.29, 1.82) is 0 Å². The molecule has 29 heavy (non-hydrogen) atoms. The SMILES string of the molecule is COc1ccc(NS(=O)(=O)c2cccc(C(=O)Nc3ccccc3C)c2)cc1Br. The first-order valence-electron chi connectivity index (χ1n) is 8.63. The molecule has 1 amide bonds. The molecule has 0 aliphatic heterocycles. The lowest BCUT2D eigenvalue weighted by Crippen LogP contribution is -2.16. The molecule has 150 valence electrons. The molecule has 0 atom stereocenters. The van der Waals surface area contributed by atoms with Gasteiger partial charge in [-0.3, -0.25) is 9.52 Å². The molecule has 0 aliphatic carbocycles. The number of hydrogen-bond donors (Lipinski definition) is 2. The van der Waals surface area contributed by atoms with Gasteiger partial charge in [0.15, 0.2) is 0 Å². The zero-order valence-electron chi connectivity index (χ0n) is 15.8. The van der Waals surface area contributed by atoms with E-state index in [1.807, 2.05) is 25.1 Å². The first-order valence-corrected chi connectivity index (χ1v) is 10.9. The quantitative estimate of drug-likeness (QED) is 0.536. The van der Waals surface area contributed by atoms with Gasteiger partial charge < -0.3 is 10.1 Å². The van der Waals surface area contributed by atoms with E-state index in [4.69, 9.17) is 4.74 Å². The van der Waals surface area contributed by atoms with Crippen LogP contribution in [0.15, 0.2) is 76.1 Å². The number of ether oxygens (including phenoxy) is 1. The van der Waals surface area contributed by atoms with Gasteiger partial charge in [-0.25, -0.2) is 8.42 Å². The highest BCUT2D eigenvalue weighted by Crippen LogP contribution is 2.29. The molecule has 0 unspecified atom stereocenters. The normalized spacial score (nSPS) is 11.0. The number of aryl methyl sites for hydroxylation is 1. The Morgan fingerprint density at radius 2 is 1.76 bits per heavy atom. The van der Waals surface area contributed by atoms with Crippen molar-refractivity contribution in [3.05, 3.63) is 82.3 Å². The van der Waals surface area contributed by atoms with Crippen molar-refractivity contribution in [1.82, 2.24) is 0 Å². The van der Waals surface area contributed by atoms with Gasteiger partial charge in [-0.05, 0) is 70.9 Å². The summed E-state index contributed by atoms with van der Waals surface area (Å²) in [4.78, 5) is 12.6. The molecule has 8 heteroatoms. The summed E-state index contributed by atoms with van der Waals surface area (Å²) < 4.78 is 33.8. The molecule has 0 aliphatic rings. The number of carbonyl (C=O) groups excluding carboxylic acids is 1. The number of benzene rings is 3. The van der Waals surface area contributed by atoms with Crippen LogP contribution < -0.4 is 14.8 Å². The maximum Gasteiger partial charge on any atom is 0.261 e. The van der Waals surface area contributed by atoms with Crippen molar-refractivity contribution in [2.24, 2.45) is 0 Å². The lowest BCUT2D eigenvalue weighted by Gasteiger charge is -2.12. The van der Waals surface area contributed by atoms with Gasteiger partial charge in [0.05, 0.1) is 22.2 Å². The average molecular weight is 475 g/mol. The third-order valence-corrected chi connectivity index (χ3v) is 6.20. The topological polar surface area (TPSA) is 84.5 Å². The van der Waals surface area contributed by atoms with E-state index in [0.717, 1.165) is 5.56 Å². The van der Waals surface area contributed by atoms with Crippen LogP contribution in [0, 0.1) is 6.92 Å². The number of amides is 1. The lowest BCUT2D eigenvalue weighted by atomic mass is 10.1. The number of methoxy groups -OCH3 is 1. The van der Waals surface area contributed by atoms with Gasteiger partial charge in [0.1, 0.15) is 5.75 Å². The van der Waals surface area contributed by atoms with Gasteiger partial charge >= 0.3 is 0 Å². The van der Waals surface area contributed by atoms with E-state index in [-0.39, 0.29) is 16.4 Å². The van der Waals surface area contributed by atoms with Gasteiger partial charge in [-0.1, -0.05) is 24.3 Å². The van der Waals surface area contributed by atoms with Crippen molar-refractivity contribution < 1.29 is 17.9 Å². The molecule has 0 bridgehead atoms. The van der Waals surface area contributed by atoms with Crippen LogP contribution in [0.4, 0.5) is 11.4 Å². The van der Waals surface area contributed by atoms with Crippen molar-refractivity contribution in [2.75, 3.05) is 17.1 Å². The first kappa shape index (κ1) is 20.9. The van der Waals surface area contributed by atoms with Crippen LogP contribution in [-0.4, -0.2) is 21.4 Å². The Hall–Kier alpha value is -2.84. The summed E-state index contributed by atoms with van der Waals surface area (Å²) in [5.41, 5.74) is 2.20. The van der Waals surface area contributed by atoms with Gasteiger partial charge in [0, 0.05) is 11.3 Å². The predicted molar refractivity (Wildman–Crippen MR) is 117 cm³/mol. The van der Waals surface area contributed by atoms with Crippen molar-refractivity contribution in [3.8, 4) is 5.75 Å². The molecule has 0 spiro atoms. The van der Waals surface area contributed by atoms with E-state index in [1.165, 1.54) is 25.3 Å². The molecule has 3 aromatic carbocycles. The van der Waals surface area contributed by atoms with Gasteiger partial charge in [-0.2, -0.15) is 0 Å². The molecular weight excluding hydrogens is 456 g/mol. The van der Waals surface area contributed by atoms with Crippen LogP contribution in [0.25, 0.3) is 0 Å². The summed E-state index contributed by atoms with van der Waals surface area (Å²) in [6.45, 7) is 1.88. The fourth-order valence-corrected chi connectivity index (χ4v) is 4.29. The van der Waals surface area contributed by atoms with Crippen molar-refractivity contribution in [2.45, 2.75) is 11.8 Å². The highest BCUT2D eigenvalue weighted by atomic mass is 79.9. The average Bonchev–Trinajstić information content (AvgIpc) is 2.69. The van der Waals surface area contributed by atoms with Gasteiger partial charge in [-0.15, -0.1) is 0 Å². The third-order valence-electron chi connectivity index (χ3n) is 4.20. The maximum absolute atomic E-state index is 12.8. The molecule has 3 rings (SSSR count). The highest BCUT2D eigenvalue weighted by molar-refractivity contribution is 9.10. The Bertz CT molecular complexity index is 1160. The van der Waals surface area contributed by atoms with Crippen molar-refractivity contribution in [3.63, 3.8) is 0 Å². The summed E-state index contributed by atoms with van der Waals surface area (Å²) in [7, 11) is -2.35. The third kappa shape index (κ3) is 4.96. The number of nitrogens with one attached hydrogen (secondary N) is 2. The van der Waals surface area contributed by atoms with E-state index >= 15 is 0 Å². The number of anilines is 2. The Balaban J connectivity index is 1.83. The fraction of sp³-hybridized carbons (Fsp3) is 0.0952. The standard InChI is InChI=1S/C21H19BrN2O4S/c1-14-6-3-4-9-19(14)23-21(25)15-7-5-8-17(12-15)29(26,27)24-16-10-11-20(28-2)18(22)13-16/h3-13,24H,1-2H3,(H,23,25). The summed E-state index contributed by atoms with van der Waals surface area (Å²) in [6.07, 6.45) is 0. The van der Waals surface area contributed by atoms with E-state index in [0.29, 0.717) is 21.6 Å². The molecular formula is C21H19BrN2O4S. The zero-order chi connectivity index (χ0) is 21.0. The van der Waals surface area contributed by atoms with Crippen molar-refractivity contribution >= 4 is 43.2 Å². The number of para-hydroxylation sites is 1. The molecule has 0 saturated heterocycles. The van der Waals surface area contributed by atoms with Crippen LogP contribution >= 0.6 is 15.9 Å². The summed E-state index contributed by atoms with van der Waals surface area (Å²) in [5, 5.41) is 2.80. The minimum atomic E-state index is -3.88. The van der Waals surface area contributed by atoms with E-state index in [1.54, 1.807) is 30.3 Å². The zero-order valence-corrected chi connectivity index (χ0v) is 18.2. The van der Waals surface area contributed by atoms with Crippen LogP contribution in [0.2, 0.25) is 0 Å². The lowest BCUT2D eigenvalue weighted by molar-refractivity contribution is 0.102. The number of carbonyl (C=O) groups is 1. The Kier molecular flexibility index (Phi) is 6.24. The number of sulfonamides is 1.